The Morgan fingerprint density at radius 1 is 1.14 bits per heavy atom. The second-order valence-electron chi connectivity index (χ2n) is 4.07. The van der Waals surface area contributed by atoms with Crippen molar-refractivity contribution in [2.24, 2.45) is 4.99 Å². The van der Waals surface area contributed by atoms with E-state index in [4.69, 9.17) is 4.74 Å². The minimum absolute atomic E-state index is 0.395. The summed E-state index contributed by atoms with van der Waals surface area (Å²) in [4.78, 5) is 22.3. The van der Waals surface area contributed by atoms with Crippen LogP contribution in [-0.4, -0.2) is 27.0 Å². The monoisotopic (exact) mass is 317 g/mol. The Labute approximate surface area is 128 Å². The molecule has 6 nitrogen and oxygen atoms in total. The van der Waals surface area contributed by atoms with E-state index in [1.165, 1.54) is 0 Å². The number of aromatic nitrogens is 4. The highest BCUT2D eigenvalue weighted by Gasteiger charge is 2.04. The molecule has 0 fully saturated rings. The van der Waals surface area contributed by atoms with Gasteiger partial charge in [-0.25, -0.2) is 4.98 Å². The Bertz CT molecular complexity index is 813. The van der Waals surface area contributed by atoms with E-state index in [1.807, 2.05) is 13.0 Å². The fraction of sp³-hybridized carbons (Fsp3) is 0.154. The zero-order valence-corrected chi connectivity index (χ0v) is 13.0. The summed E-state index contributed by atoms with van der Waals surface area (Å²) >= 11 is 0. The molecule has 0 saturated carbocycles. The fourth-order valence-corrected chi connectivity index (χ4v) is 3.69. The second kappa shape index (κ2) is 6.06. The number of ether oxygens (including phenoxy) is 1. The van der Waals surface area contributed by atoms with Crippen LogP contribution in [0.4, 0.5) is 5.95 Å². The van der Waals surface area contributed by atoms with E-state index in [0.717, 1.165) is 20.9 Å². The van der Waals surface area contributed by atoms with Crippen LogP contribution in [-0.2, 0) is 0 Å². The summed E-state index contributed by atoms with van der Waals surface area (Å²) in [6.07, 6.45) is 5.05. The van der Waals surface area contributed by atoms with Gasteiger partial charge in [0.25, 0.3) is 5.95 Å². The van der Waals surface area contributed by atoms with Gasteiger partial charge in [-0.05, 0) is 13.0 Å². The highest BCUT2D eigenvalue weighted by atomic mass is 32.9. The Balaban J connectivity index is 1.98. The van der Waals surface area contributed by atoms with Crippen molar-refractivity contribution in [3.63, 3.8) is 0 Å². The van der Waals surface area contributed by atoms with Gasteiger partial charge in [-0.2, -0.15) is 9.98 Å². The first-order valence-corrected chi connectivity index (χ1v) is 8.20. The van der Waals surface area contributed by atoms with Crippen molar-refractivity contribution in [1.82, 2.24) is 19.9 Å². The Morgan fingerprint density at radius 3 is 2.81 bits per heavy atom. The third kappa shape index (κ3) is 3.29. The lowest BCUT2D eigenvalue weighted by atomic mass is 10.4. The van der Waals surface area contributed by atoms with Crippen LogP contribution in [0.1, 0.15) is 5.69 Å². The molecule has 0 spiro atoms. The first-order valence-electron chi connectivity index (χ1n) is 6.05. The largest absolute Gasteiger partial charge is 0.481 e. The summed E-state index contributed by atoms with van der Waals surface area (Å²) in [5.41, 5.74) is 1.65. The Kier molecular flexibility index (Phi) is 3.98. The van der Waals surface area contributed by atoms with E-state index in [0.29, 0.717) is 11.8 Å². The van der Waals surface area contributed by atoms with Gasteiger partial charge in [0.15, 0.2) is 0 Å². The number of nitrogens with zero attached hydrogens (tertiary/aromatic N) is 5. The molecule has 0 saturated heterocycles. The normalized spacial score (nSPS) is 11.6. The summed E-state index contributed by atoms with van der Waals surface area (Å²) < 4.78 is 5.95. The highest BCUT2D eigenvalue weighted by molar-refractivity contribution is 7.69. The molecule has 0 aliphatic rings. The van der Waals surface area contributed by atoms with E-state index in [-0.39, 0.29) is 0 Å². The van der Waals surface area contributed by atoms with Crippen LogP contribution in [0.5, 0.6) is 5.88 Å². The molecule has 3 aromatic heterocycles. The lowest BCUT2D eigenvalue weighted by Gasteiger charge is -1.99. The molecule has 0 radical (unpaired) electrons. The van der Waals surface area contributed by atoms with Crippen molar-refractivity contribution in [1.29, 1.82) is 0 Å². The number of methoxy groups -OCH3 is 1. The topological polar surface area (TPSA) is 73.2 Å². The van der Waals surface area contributed by atoms with Crippen LogP contribution in [0.3, 0.4) is 0 Å². The van der Waals surface area contributed by atoms with Gasteiger partial charge in [0, 0.05) is 24.2 Å². The number of aryl methyl sites for hydroxylation is 1. The Morgan fingerprint density at radius 2 is 2.05 bits per heavy atom. The average molecular weight is 317 g/mol. The van der Waals surface area contributed by atoms with Crippen molar-refractivity contribution in [3.05, 3.63) is 41.1 Å². The zero-order chi connectivity index (χ0) is 14.7. The van der Waals surface area contributed by atoms with Gasteiger partial charge in [-0.1, -0.05) is 20.7 Å². The summed E-state index contributed by atoms with van der Waals surface area (Å²) in [7, 11) is 4.71. The maximum Gasteiger partial charge on any atom is 0.254 e. The number of hydrogen-bond acceptors (Lipinski definition) is 8. The third-order valence-corrected chi connectivity index (χ3v) is 4.80. The minimum atomic E-state index is 0.395. The zero-order valence-electron chi connectivity index (χ0n) is 11.3. The molecule has 0 bridgehead atoms. The van der Waals surface area contributed by atoms with Crippen LogP contribution >= 0.6 is 20.7 Å². The van der Waals surface area contributed by atoms with Gasteiger partial charge in [-0.3, -0.25) is 9.97 Å². The standard InChI is InChI=1S/C13H11N5OS2/c1-8-5-11(19-2)17-13(16-8)18-12-6-10(20-21-12)9-7-14-3-4-15-9/h3-7H,1-2H3/b18-12-. The molecule has 0 N–H and O–H groups in total. The quantitative estimate of drug-likeness (QED) is 0.694. The lowest BCUT2D eigenvalue weighted by molar-refractivity contribution is 0.397. The molecule has 106 valence electrons. The fourth-order valence-electron chi connectivity index (χ4n) is 1.62. The molecule has 0 aliphatic carbocycles. The molecule has 0 atom stereocenters. The van der Waals surface area contributed by atoms with Crippen molar-refractivity contribution >= 4 is 26.6 Å². The van der Waals surface area contributed by atoms with Crippen molar-refractivity contribution in [2.45, 2.75) is 6.92 Å². The first kappa shape index (κ1) is 13.8. The smallest absolute Gasteiger partial charge is 0.254 e. The van der Waals surface area contributed by atoms with Crippen molar-refractivity contribution < 1.29 is 4.74 Å². The first-order chi connectivity index (χ1) is 10.2. The molecule has 3 rings (SSSR count). The van der Waals surface area contributed by atoms with Crippen LogP contribution in [0.2, 0.25) is 0 Å². The summed E-state index contributed by atoms with van der Waals surface area (Å²) in [6.45, 7) is 1.88. The molecule has 0 unspecified atom stereocenters. The van der Waals surface area contributed by atoms with E-state index >= 15 is 0 Å². The Hall–Kier alpha value is -2.19. The molecule has 21 heavy (non-hydrogen) atoms. The van der Waals surface area contributed by atoms with Crippen LogP contribution in [0, 0.1) is 6.92 Å². The molecular weight excluding hydrogens is 306 g/mol. The van der Waals surface area contributed by atoms with Crippen LogP contribution in [0.15, 0.2) is 35.7 Å². The predicted molar refractivity (Wildman–Crippen MR) is 81.8 cm³/mol. The SMILES string of the molecule is COc1cc(C)nc(/N=c2/cc(-c3cnccn3)ss2)n1. The van der Waals surface area contributed by atoms with Gasteiger partial charge >= 0.3 is 0 Å². The minimum Gasteiger partial charge on any atom is -0.481 e. The predicted octanol–water partition coefficient (Wildman–Crippen LogP) is 2.61. The molecule has 0 aromatic carbocycles. The number of hydrogen-bond donors (Lipinski definition) is 0. The van der Waals surface area contributed by atoms with Crippen LogP contribution < -0.4 is 9.41 Å². The molecular formula is C13H11N5OS2. The molecule has 0 aliphatic heterocycles. The maximum absolute atomic E-state index is 5.12. The molecule has 8 heteroatoms. The molecule has 0 amide bonds. The van der Waals surface area contributed by atoms with Gasteiger partial charge in [-0.15, -0.1) is 0 Å². The highest BCUT2D eigenvalue weighted by Crippen LogP contribution is 2.22. The molecule has 3 aromatic rings. The lowest BCUT2D eigenvalue weighted by Crippen LogP contribution is -1.96. The average Bonchev–Trinajstić information content (AvgIpc) is 2.96. The van der Waals surface area contributed by atoms with Gasteiger partial charge in [0.2, 0.25) is 5.88 Å². The van der Waals surface area contributed by atoms with E-state index in [9.17, 15) is 0 Å². The van der Waals surface area contributed by atoms with Crippen LogP contribution in [0.25, 0.3) is 10.6 Å². The van der Waals surface area contributed by atoms with Gasteiger partial charge in [0.1, 0.15) is 4.67 Å². The van der Waals surface area contributed by atoms with Crippen molar-refractivity contribution in [3.8, 4) is 16.5 Å². The maximum atomic E-state index is 5.12. The van der Waals surface area contributed by atoms with E-state index in [2.05, 4.69) is 24.9 Å². The summed E-state index contributed by atoms with van der Waals surface area (Å²) in [6, 6.07) is 3.72. The van der Waals surface area contributed by atoms with Gasteiger partial charge in [0.05, 0.1) is 23.9 Å². The third-order valence-electron chi connectivity index (χ3n) is 2.53. The summed E-state index contributed by atoms with van der Waals surface area (Å²) in [5.74, 6) is 0.905. The van der Waals surface area contributed by atoms with Crippen molar-refractivity contribution in [2.75, 3.05) is 7.11 Å². The second-order valence-corrected chi connectivity index (χ2v) is 6.26. The van der Waals surface area contributed by atoms with Gasteiger partial charge < -0.3 is 4.74 Å². The molecule has 3 heterocycles. The summed E-state index contributed by atoms with van der Waals surface area (Å²) in [5, 5.41) is 0. The van der Waals surface area contributed by atoms with E-state index < -0.39 is 0 Å². The van der Waals surface area contributed by atoms with E-state index in [1.54, 1.807) is 52.4 Å². The number of rotatable bonds is 3.